The van der Waals surface area contributed by atoms with Crippen LogP contribution in [0.1, 0.15) is 41.3 Å². The average Bonchev–Trinajstić information content (AvgIpc) is 2.74. The van der Waals surface area contributed by atoms with Gasteiger partial charge in [-0.15, -0.1) is 0 Å². The molecule has 5 nitrogen and oxygen atoms in total. The first-order valence-electron chi connectivity index (χ1n) is 9.73. The van der Waals surface area contributed by atoms with Crippen LogP contribution in [-0.2, 0) is 11.2 Å². The highest BCUT2D eigenvalue weighted by molar-refractivity contribution is 5.96. The number of benzene rings is 3. The molecule has 30 heavy (non-hydrogen) atoms. The van der Waals surface area contributed by atoms with Crippen molar-refractivity contribution in [3.05, 3.63) is 107 Å². The lowest BCUT2D eigenvalue weighted by molar-refractivity contribution is -0.122. The Morgan fingerprint density at radius 2 is 1.57 bits per heavy atom. The molecule has 0 aliphatic rings. The van der Waals surface area contributed by atoms with Gasteiger partial charge < -0.3 is 5.73 Å². The normalized spacial score (nSPS) is 12.7. The molecule has 0 bridgehead atoms. The van der Waals surface area contributed by atoms with Gasteiger partial charge in [-0.25, -0.2) is 9.18 Å². The summed E-state index contributed by atoms with van der Waals surface area (Å²) < 4.78 is 14.0. The number of urea groups is 1. The maximum Gasteiger partial charge on any atom is 0.318 e. The van der Waals surface area contributed by atoms with Crippen LogP contribution < -0.4 is 16.4 Å². The molecular weight excluding hydrogens is 381 g/mol. The molecule has 3 aromatic rings. The van der Waals surface area contributed by atoms with E-state index < -0.39 is 24.0 Å². The third-order valence-corrected chi connectivity index (χ3v) is 4.88. The maximum atomic E-state index is 14.0. The summed E-state index contributed by atoms with van der Waals surface area (Å²) in [6.07, 6.45) is 0.895. The number of primary amides is 1. The van der Waals surface area contributed by atoms with Crippen molar-refractivity contribution in [2.75, 3.05) is 0 Å². The number of amides is 3. The fourth-order valence-electron chi connectivity index (χ4n) is 3.35. The molecular formula is C24H24FN3O2. The third kappa shape index (κ3) is 5.30. The Morgan fingerprint density at radius 1 is 0.900 bits per heavy atom. The number of carbonyl (C=O) groups excluding carboxylic acids is 2. The van der Waals surface area contributed by atoms with Gasteiger partial charge in [-0.05, 0) is 40.8 Å². The minimum atomic E-state index is -0.933. The van der Waals surface area contributed by atoms with Crippen LogP contribution in [0.3, 0.4) is 0 Å². The second-order valence-electron chi connectivity index (χ2n) is 6.95. The van der Waals surface area contributed by atoms with Gasteiger partial charge >= 0.3 is 6.03 Å². The number of hydrogen-bond donors (Lipinski definition) is 3. The molecule has 0 heterocycles. The van der Waals surface area contributed by atoms with E-state index in [2.05, 4.69) is 17.6 Å². The fraction of sp³-hybridized carbons (Fsp3) is 0.167. The Morgan fingerprint density at radius 3 is 2.17 bits per heavy atom. The van der Waals surface area contributed by atoms with Crippen molar-refractivity contribution in [1.29, 1.82) is 0 Å². The molecule has 0 saturated carbocycles. The number of hydrogen-bond acceptors (Lipinski definition) is 3. The number of nitrogens with one attached hydrogen (secondary N) is 2. The van der Waals surface area contributed by atoms with Gasteiger partial charge in [0.05, 0.1) is 6.04 Å². The van der Waals surface area contributed by atoms with E-state index in [0.717, 1.165) is 12.0 Å². The Labute approximate surface area is 175 Å². The zero-order valence-electron chi connectivity index (χ0n) is 16.6. The van der Waals surface area contributed by atoms with Crippen LogP contribution in [0.25, 0.3) is 0 Å². The van der Waals surface area contributed by atoms with Crippen LogP contribution in [-0.4, -0.2) is 11.9 Å². The minimum absolute atomic E-state index is 0.373. The molecule has 4 N–H and O–H groups in total. The number of imide groups is 1. The van der Waals surface area contributed by atoms with Crippen LogP contribution in [0, 0.1) is 5.82 Å². The van der Waals surface area contributed by atoms with Crippen molar-refractivity contribution in [3.63, 3.8) is 0 Å². The number of nitrogens with two attached hydrogens (primary N) is 1. The van der Waals surface area contributed by atoms with E-state index in [-0.39, 0.29) is 5.82 Å². The van der Waals surface area contributed by atoms with Crippen molar-refractivity contribution >= 4 is 11.9 Å². The number of aryl methyl sites for hydroxylation is 1. The van der Waals surface area contributed by atoms with Crippen LogP contribution >= 0.6 is 0 Å². The summed E-state index contributed by atoms with van der Waals surface area (Å²) in [6.45, 7) is 2.07. The number of rotatable bonds is 7. The van der Waals surface area contributed by atoms with Crippen LogP contribution in [0.5, 0.6) is 0 Å². The molecule has 0 unspecified atom stereocenters. The van der Waals surface area contributed by atoms with Crippen molar-refractivity contribution in [3.8, 4) is 0 Å². The number of carbonyl (C=O) groups is 2. The molecule has 3 aromatic carbocycles. The second-order valence-corrected chi connectivity index (χ2v) is 6.95. The first kappa shape index (κ1) is 21.2. The Bertz CT molecular complexity index is 1010. The summed E-state index contributed by atoms with van der Waals surface area (Å²) in [6, 6.07) is 20.8. The lowest BCUT2D eigenvalue weighted by Crippen LogP contribution is -2.44. The Hall–Kier alpha value is -3.51. The lowest BCUT2D eigenvalue weighted by Gasteiger charge is -2.26. The standard InChI is InChI=1S/C24H24FN3O2/c1-2-16-11-13-18(14-12-16)21(19-9-6-10-20(25)15-19)27-22(23(29)28-24(26)30)17-7-4-3-5-8-17/h3-15,21-22,27H,2H2,1H3,(H3,26,28,29,30)/t21-,22+/m1/s1. The molecule has 0 aliphatic heterocycles. The quantitative estimate of drug-likeness (QED) is 0.555. The molecule has 0 spiro atoms. The van der Waals surface area contributed by atoms with E-state index >= 15 is 0 Å². The summed E-state index contributed by atoms with van der Waals surface area (Å²) in [5, 5.41) is 5.43. The average molecular weight is 405 g/mol. The van der Waals surface area contributed by atoms with Crippen LogP contribution in [0.15, 0.2) is 78.9 Å². The van der Waals surface area contributed by atoms with E-state index in [1.165, 1.54) is 17.7 Å². The van der Waals surface area contributed by atoms with Gasteiger partial charge in [-0.1, -0.05) is 73.7 Å². The van der Waals surface area contributed by atoms with Gasteiger partial charge in [-0.2, -0.15) is 0 Å². The molecule has 0 saturated heterocycles. The highest BCUT2D eigenvalue weighted by atomic mass is 19.1. The zero-order valence-corrected chi connectivity index (χ0v) is 16.6. The van der Waals surface area contributed by atoms with Crippen molar-refractivity contribution in [1.82, 2.24) is 10.6 Å². The topological polar surface area (TPSA) is 84.2 Å². The Balaban J connectivity index is 2.03. The predicted molar refractivity (Wildman–Crippen MR) is 114 cm³/mol. The van der Waals surface area contributed by atoms with Gasteiger partial charge in [0, 0.05) is 0 Å². The maximum absolute atomic E-state index is 14.0. The summed E-state index contributed by atoms with van der Waals surface area (Å²) in [5.74, 6) is -0.956. The SMILES string of the molecule is CCc1ccc([C@@H](N[C@H](C(=O)NC(N)=O)c2ccccc2)c2cccc(F)c2)cc1. The van der Waals surface area contributed by atoms with Crippen molar-refractivity contribution in [2.45, 2.75) is 25.4 Å². The van der Waals surface area contributed by atoms with Gasteiger partial charge in [0.15, 0.2) is 0 Å². The Kier molecular flexibility index (Phi) is 6.93. The minimum Gasteiger partial charge on any atom is -0.351 e. The molecule has 2 atom stereocenters. The van der Waals surface area contributed by atoms with Crippen LogP contribution in [0.2, 0.25) is 0 Å². The molecule has 3 amide bonds. The molecule has 154 valence electrons. The third-order valence-electron chi connectivity index (χ3n) is 4.88. The van der Waals surface area contributed by atoms with Gasteiger partial charge in [0.25, 0.3) is 0 Å². The summed E-state index contributed by atoms with van der Waals surface area (Å²) >= 11 is 0. The zero-order chi connectivity index (χ0) is 21.5. The molecule has 6 heteroatoms. The van der Waals surface area contributed by atoms with E-state index in [4.69, 9.17) is 5.73 Å². The van der Waals surface area contributed by atoms with E-state index in [9.17, 15) is 14.0 Å². The summed E-state index contributed by atoms with van der Waals surface area (Å²) in [7, 11) is 0. The fourth-order valence-corrected chi connectivity index (χ4v) is 3.35. The van der Waals surface area contributed by atoms with Gasteiger partial charge in [0.2, 0.25) is 5.91 Å². The van der Waals surface area contributed by atoms with Crippen molar-refractivity contribution in [2.24, 2.45) is 5.73 Å². The molecule has 3 rings (SSSR count). The first-order chi connectivity index (χ1) is 14.5. The van der Waals surface area contributed by atoms with Gasteiger partial charge in [-0.3, -0.25) is 15.4 Å². The predicted octanol–water partition coefficient (Wildman–Crippen LogP) is 4.00. The van der Waals surface area contributed by atoms with E-state index in [1.54, 1.807) is 36.4 Å². The highest BCUT2D eigenvalue weighted by Gasteiger charge is 2.26. The first-order valence-corrected chi connectivity index (χ1v) is 9.73. The summed E-state index contributed by atoms with van der Waals surface area (Å²) in [5.41, 5.74) is 8.52. The lowest BCUT2D eigenvalue weighted by atomic mass is 9.95. The second kappa shape index (κ2) is 9.80. The van der Waals surface area contributed by atoms with Gasteiger partial charge in [0.1, 0.15) is 11.9 Å². The smallest absolute Gasteiger partial charge is 0.318 e. The van der Waals surface area contributed by atoms with E-state index in [1.807, 2.05) is 30.3 Å². The monoisotopic (exact) mass is 405 g/mol. The van der Waals surface area contributed by atoms with E-state index in [0.29, 0.717) is 11.1 Å². The van der Waals surface area contributed by atoms with Crippen LogP contribution in [0.4, 0.5) is 9.18 Å². The molecule has 0 aliphatic carbocycles. The van der Waals surface area contributed by atoms with Crippen molar-refractivity contribution < 1.29 is 14.0 Å². The summed E-state index contributed by atoms with van der Waals surface area (Å²) in [4.78, 5) is 24.1. The largest absolute Gasteiger partial charge is 0.351 e. The molecule has 0 aromatic heterocycles. The highest BCUT2D eigenvalue weighted by Crippen LogP contribution is 2.27. The molecule has 0 radical (unpaired) electrons. The molecule has 0 fully saturated rings. The number of halogens is 1.